The fourth-order valence-corrected chi connectivity index (χ4v) is 2.31. The molecule has 19 heavy (non-hydrogen) atoms. The van der Waals surface area contributed by atoms with E-state index in [2.05, 4.69) is 28.1 Å². The summed E-state index contributed by atoms with van der Waals surface area (Å²) in [5.74, 6) is 0. The highest BCUT2D eigenvalue weighted by Gasteiger charge is 2.25. The molecule has 100 valence electrons. The van der Waals surface area contributed by atoms with Gasteiger partial charge in [0.05, 0.1) is 31.3 Å². The van der Waals surface area contributed by atoms with E-state index in [-0.39, 0.29) is 25.2 Å². The first kappa shape index (κ1) is 15.7. The summed E-state index contributed by atoms with van der Waals surface area (Å²) < 4.78 is 0.993. The van der Waals surface area contributed by atoms with Crippen molar-refractivity contribution in [2.24, 2.45) is 5.73 Å². The normalized spacial score (nSPS) is 13.6. The number of nitrogens with two attached hydrogens (primary N) is 1. The Morgan fingerprint density at radius 2 is 1.74 bits per heavy atom. The van der Waals surface area contributed by atoms with E-state index in [9.17, 15) is 0 Å². The summed E-state index contributed by atoms with van der Waals surface area (Å²) in [6.45, 7) is 2.40. The van der Waals surface area contributed by atoms with Crippen molar-refractivity contribution in [3.8, 4) is 12.1 Å². The van der Waals surface area contributed by atoms with E-state index >= 15 is 0 Å². The lowest BCUT2D eigenvalue weighted by Crippen LogP contribution is -2.41. The number of nitrogens with zero attached hydrogens (tertiary/aromatic N) is 3. The summed E-state index contributed by atoms with van der Waals surface area (Å²) in [5.41, 5.74) is 7.21. The maximum atomic E-state index is 8.91. The molecule has 0 aromatic heterocycles. The molecule has 0 fully saturated rings. The molecular weight excluding hydrogens is 304 g/mol. The lowest BCUT2D eigenvalue weighted by atomic mass is 9.96. The van der Waals surface area contributed by atoms with E-state index in [1.807, 2.05) is 36.1 Å². The summed E-state index contributed by atoms with van der Waals surface area (Å²) in [6.07, 6.45) is 0.786. The first-order chi connectivity index (χ1) is 9.13. The van der Waals surface area contributed by atoms with Crippen LogP contribution in [0.25, 0.3) is 0 Å². The first-order valence-corrected chi connectivity index (χ1v) is 6.92. The molecule has 2 N–H and O–H groups in total. The molecule has 0 bridgehead atoms. The molecule has 0 saturated heterocycles. The molecule has 0 spiro atoms. The fraction of sp³-hybridized carbons (Fsp3) is 0.429. The summed E-state index contributed by atoms with van der Waals surface area (Å²) in [6, 6.07) is 11.8. The van der Waals surface area contributed by atoms with E-state index in [0.717, 1.165) is 16.5 Å². The van der Waals surface area contributed by atoms with Gasteiger partial charge < -0.3 is 5.73 Å². The summed E-state index contributed by atoms with van der Waals surface area (Å²) in [4.78, 5) is 1.82. The molecular formula is C14H17BrN4. The average Bonchev–Trinajstić information content (AvgIpc) is 2.41. The van der Waals surface area contributed by atoms with E-state index in [4.69, 9.17) is 16.3 Å². The Hall–Kier alpha value is -1.40. The molecule has 2 atom stereocenters. The van der Waals surface area contributed by atoms with E-state index in [0.29, 0.717) is 0 Å². The van der Waals surface area contributed by atoms with Gasteiger partial charge in [-0.2, -0.15) is 10.5 Å². The Balaban J connectivity index is 3.09. The molecule has 0 radical (unpaired) electrons. The van der Waals surface area contributed by atoms with Crippen LogP contribution in [-0.2, 0) is 0 Å². The van der Waals surface area contributed by atoms with Crippen molar-refractivity contribution in [3.63, 3.8) is 0 Å². The molecule has 1 aromatic rings. The van der Waals surface area contributed by atoms with Gasteiger partial charge >= 0.3 is 0 Å². The maximum Gasteiger partial charge on any atom is 0.0879 e. The third kappa shape index (κ3) is 4.33. The van der Waals surface area contributed by atoms with E-state index < -0.39 is 0 Å². The Bertz CT molecular complexity index is 456. The highest BCUT2D eigenvalue weighted by Crippen LogP contribution is 2.26. The molecule has 0 heterocycles. The second kappa shape index (κ2) is 7.91. The van der Waals surface area contributed by atoms with Gasteiger partial charge in [0.25, 0.3) is 0 Å². The predicted molar refractivity (Wildman–Crippen MR) is 77.9 cm³/mol. The third-order valence-corrected chi connectivity index (χ3v) is 3.56. The zero-order valence-corrected chi connectivity index (χ0v) is 12.5. The van der Waals surface area contributed by atoms with Gasteiger partial charge in [0.15, 0.2) is 0 Å². The van der Waals surface area contributed by atoms with Gasteiger partial charge in [0.2, 0.25) is 0 Å². The van der Waals surface area contributed by atoms with Crippen LogP contribution in [0.5, 0.6) is 0 Å². The predicted octanol–water partition coefficient (Wildman–Crippen LogP) is 2.58. The number of nitriles is 2. The lowest BCUT2D eigenvalue weighted by Gasteiger charge is -2.32. The monoisotopic (exact) mass is 320 g/mol. The minimum Gasteiger partial charge on any atom is -0.326 e. The Morgan fingerprint density at radius 3 is 2.16 bits per heavy atom. The van der Waals surface area contributed by atoms with Crippen LogP contribution < -0.4 is 5.73 Å². The standard InChI is InChI=1S/C14H17BrN4/c1-2-13(18)14(19(9-7-16)10-8-17)11-3-5-12(15)6-4-11/h3-6,13-14H,2,9-10,18H2,1H3. The van der Waals surface area contributed by atoms with Crippen LogP contribution in [0.1, 0.15) is 24.9 Å². The van der Waals surface area contributed by atoms with Crippen LogP contribution in [0.15, 0.2) is 28.7 Å². The summed E-state index contributed by atoms with van der Waals surface area (Å²) in [7, 11) is 0. The van der Waals surface area contributed by atoms with Crippen LogP contribution in [0.4, 0.5) is 0 Å². The summed E-state index contributed by atoms with van der Waals surface area (Å²) >= 11 is 3.40. The topological polar surface area (TPSA) is 76.8 Å². The van der Waals surface area contributed by atoms with Crippen molar-refractivity contribution in [2.75, 3.05) is 13.1 Å². The highest BCUT2D eigenvalue weighted by molar-refractivity contribution is 9.10. The van der Waals surface area contributed by atoms with Crippen molar-refractivity contribution >= 4 is 15.9 Å². The fourth-order valence-electron chi connectivity index (χ4n) is 2.05. The van der Waals surface area contributed by atoms with Crippen LogP contribution in [0.3, 0.4) is 0 Å². The van der Waals surface area contributed by atoms with Crippen molar-refractivity contribution in [1.29, 1.82) is 10.5 Å². The number of rotatable bonds is 6. The van der Waals surface area contributed by atoms with Crippen LogP contribution in [0, 0.1) is 22.7 Å². The second-order valence-corrected chi connectivity index (χ2v) is 5.21. The second-order valence-electron chi connectivity index (χ2n) is 4.29. The average molecular weight is 321 g/mol. The van der Waals surface area contributed by atoms with Crippen molar-refractivity contribution in [1.82, 2.24) is 4.90 Å². The van der Waals surface area contributed by atoms with Crippen molar-refractivity contribution < 1.29 is 0 Å². The smallest absolute Gasteiger partial charge is 0.0879 e. The first-order valence-electron chi connectivity index (χ1n) is 6.13. The molecule has 0 saturated carbocycles. The van der Waals surface area contributed by atoms with Gasteiger partial charge in [0, 0.05) is 10.5 Å². The molecule has 1 rings (SSSR count). The Morgan fingerprint density at radius 1 is 1.21 bits per heavy atom. The van der Waals surface area contributed by atoms with Gasteiger partial charge in [-0.05, 0) is 24.1 Å². The lowest BCUT2D eigenvalue weighted by molar-refractivity contribution is 0.212. The molecule has 0 aliphatic heterocycles. The minimum absolute atomic E-state index is 0.108. The largest absolute Gasteiger partial charge is 0.326 e. The molecule has 0 amide bonds. The molecule has 1 aromatic carbocycles. The molecule has 0 aliphatic rings. The van der Waals surface area contributed by atoms with Gasteiger partial charge in [-0.3, -0.25) is 4.90 Å². The minimum atomic E-state index is -0.114. The van der Waals surface area contributed by atoms with Gasteiger partial charge in [0.1, 0.15) is 0 Å². The number of halogens is 1. The number of hydrogen-bond donors (Lipinski definition) is 1. The van der Waals surface area contributed by atoms with Gasteiger partial charge in [-0.15, -0.1) is 0 Å². The zero-order chi connectivity index (χ0) is 14.3. The summed E-state index contributed by atoms with van der Waals surface area (Å²) in [5, 5.41) is 17.8. The highest BCUT2D eigenvalue weighted by atomic mass is 79.9. The number of benzene rings is 1. The quantitative estimate of drug-likeness (QED) is 0.817. The zero-order valence-electron chi connectivity index (χ0n) is 10.9. The van der Waals surface area contributed by atoms with Crippen molar-refractivity contribution in [3.05, 3.63) is 34.3 Å². The SMILES string of the molecule is CCC(N)C(c1ccc(Br)cc1)N(CC#N)CC#N. The van der Waals surface area contributed by atoms with E-state index in [1.165, 1.54) is 0 Å². The Labute approximate surface area is 122 Å². The van der Waals surface area contributed by atoms with Crippen LogP contribution in [-0.4, -0.2) is 24.0 Å². The van der Waals surface area contributed by atoms with Crippen molar-refractivity contribution in [2.45, 2.75) is 25.4 Å². The molecule has 4 nitrogen and oxygen atoms in total. The molecule has 5 heteroatoms. The number of hydrogen-bond acceptors (Lipinski definition) is 4. The van der Waals surface area contributed by atoms with Crippen LogP contribution in [0.2, 0.25) is 0 Å². The van der Waals surface area contributed by atoms with E-state index in [1.54, 1.807) is 0 Å². The van der Waals surface area contributed by atoms with Gasteiger partial charge in [-0.1, -0.05) is 35.0 Å². The van der Waals surface area contributed by atoms with Gasteiger partial charge in [-0.25, -0.2) is 0 Å². The molecule has 2 unspecified atom stereocenters. The maximum absolute atomic E-state index is 8.91. The molecule has 0 aliphatic carbocycles. The Kier molecular flexibility index (Phi) is 6.52. The third-order valence-electron chi connectivity index (χ3n) is 3.03. The van der Waals surface area contributed by atoms with Crippen LogP contribution >= 0.6 is 15.9 Å².